The summed E-state index contributed by atoms with van der Waals surface area (Å²) in [6, 6.07) is 9.18. The molecular formula is C18H19N3O3S. The molecule has 1 aliphatic rings. The second-order valence-electron chi connectivity index (χ2n) is 5.83. The Morgan fingerprint density at radius 1 is 1.20 bits per heavy atom. The number of hydrogen-bond acceptors (Lipinski definition) is 4. The van der Waals surface area contributed by atoms with Crippen LogP contribution in [0.15, 0.2) is 35.7 Å². The molecule has 1 aromatic heterocycles. The molecule has 0 saturated heterocycles. The van der Waals surface area contributed by atoms with E-state index in [4.69, 9.17) is 0 Å². The monoisotopic (exact) mass is 357 g/mol. The number of anilines is 2. The molecular weight excluding hydrogens is 338 g/mol. The minimum absolute atomic E-state index is 0.0295. The van der Waals surface area contributed by atoms with Crippen LogP contribution in [0.4, 0.5) is 11.4 Å². The SMILES string of the molecule is CC(=O)N1CCCc2ccc(NC(=O)C(=O)NCc3cccs3)cc21. The molecule has 0 aliphatic carbocycles. The van der Waals surface area contributed by atoms with E-state index in [0.717, 1.165) is 29.0 Å². The molecule has 0 fully saturated rings. The molecule has 0 spiro atoms. The van der Waals surface area contributed by atoms with Gasteiger partial charge in [0.15, 0.2) is 0 Å². The fraction of sp³-hybridized carbons (Fsp3) is 0.278. The van der Waals surface area contributed by atoms with E-state index in [1.807, 2.05) is 23.6 Å². The maximum Gasteiger partial charge on any atom is 0.313 e. The molecule has 3 rings (SSSR count). The van der Waals surface area contributed by atoms with Gasteiger partial charge in [0.2, 0.25) is 5.91 Å². The first-order valence-electron chi connectivity index (χ1n) is 8.07. The summed E-state index contributed by atoms with van der Waals surface area (Å²) in [5.41, 5.74) is 2.38. The number of carbonyl (C=O) groups excluding carboxylic acids is 3. The number of aryl methyl sites for hydroxylation is 1. The number of nitrogens with zero attached hydrogens (tertiary/aromatic N) is 1. The third-order valence-corrected chi connectivity index (χ3v) is 4.93. The van der Waals surface area contributed by atoms with Gasteiger partial charge in [-0.25, -0.2) is 0 Å². The number of carbonyl (C=O) groups is 3. The molecule has 0 radical (unpaired) electrons. The maximum absolute atomic E-state index is 12.1. The van der Waals surface area contributed by atoms with Gasteiger partial charge in [-0.3, -0.25) is 14.4 Å². The molecule has 0 bridgehead atoms. The van der Waals surface area contributed by atoms with Crippen molar-refractivity contribution in [2.24, 2.45) is 0 Å². The van der Waals surface area contributed by atoms with Crippen LogP contribution in [0.2, 0.25) is 0 Å². The fourth-order valence-corrected chi connectivity index (χ4v) is 3.47. The fourth-order valence-electron chi connectivity index (χ4n) is 2.83. The summed E-state index contributed by atoms with van der Waals surface area (Å²) in [5.74, 6) is -1.44. The van der Waals surface area contributed by atoms with E-state index in [9.17, 15) is 14.4 Å². The van der Waals surface area contributed by atoms with Crippen LogP contribution in [-0.2, 0) is 27.3 Å². The Morgan fingerprint density at radius 2 is 2.04 bits per heavy atom. The van der Waals surface area contributed by atoms with Crippen molar-refractivity contribution in [2.45, 2.75) is 26.3 Å². The van der Waals surface area contributed by atoms with Gasteiger partial charge in [-0.05, 0) is 42.0 Å². The quantitative estimate of drug-likeness (QED) is 0.828. The Kier molecular flexibility index (Phi) is 5.14. The average molecular weight is 357 g/mol. The normalized spacial score (nSPS) is 13.1. The van der Waals surface area contributed by atoms with E-state index in [1.54, 1.807) is 17.0 Å². The largest absolute Gasteiger partial charge is 0.343 e. The van der Waals surface area contributed by atoms with Gasteiger partial charge >= 0.3 is 11.8 Å². The number of rotatable bonds is 3. The number of hydrogen-bond donors (Lipinski definition) is 2. The zero-order chi connectivity index (χ0) is 17.8. The van der Waals surface area contributed by atoms with Crippen LogP contribution in [0.1, 0.15) is 23.8 Å². The van der Waals surface area contributed by atoms with Crippen LogP contribution in [0.25, 0.3) is 0 Å². The van der Waals surface area contributed by atoms with Crippen molar-refractivity contribution in [3.8, 4) is 0 Å². The van der Waals surface area contributed by atoms with Gasteiger partial charge in [-0.15, -0.1) is 11.3 Å². The van der Waals surface area contributed by atoms with Crippen LogP contribution in [0, 0.1) is 0 Å². The summed E-state index contributed by atoms with van der Waals surface area (Å²) >= 11 is 1.52. The van der Waals surface area contributed by atoms with E-state index in [1.165, 1.54) is 18.3 Å². The summed E-state index contributed by atoms with van der Waals surface area (Å²) in [4.78, 5) is 38.4. The predicted molar refractivity (Wildman–Crippen MR) is 97.6 cm³/mol. The minimum atomic E-state index is -0.721. The number of nitrogens with one attached hydrogen (secondary N) is 2. The number of fused-ring (bicyclic) bond motifs is 1. The average Bonchev–Trinajstić information content (AvgIpc) is 3.12. The number of benzene rings is 1. The van der Waals surface area contributed by atoms with Crippen molar-refractivity contribution in [1.29, 1.82) is 0 Å². The van der Waals surface area contributed by atoms with Crippen LogP contribution in [0.3, 0.4) is 0 Å². The van der Waals surface area contributed by atoms with Crippen molar-refractivity contribution in [3.63, 3.8) is 0 Å². The van der Waals surface area contributed by atoms with Crippen LogP contribution in [-0.4, -0.2) is 24.3 Å². The molecule has 1 aromatic carbocycles. The van der Waals surface area contributed by atoms with Gasteiger partial charge in [0.25, 0.3) is 0 Å². The van der Waals surface area contributed by atoms with Crippen LogP contribution >= 0.6 is 11.3 Å². The van der Waals surface area contributed by atoms with Crippen molar-refractivity contribution in [1.82, 2.24) is 5.32 Å². The van der Waals surface area contributed by atoms with E-state index in [-0.39, 0.29) is 5.91 Å². The summed E-state index contributed by atoms with van der Waals surface area (Å²) in [6.45, 7) is 2.52. The maximum atomic E-state index is 12.1. The first-order valence-corrected chi connectivity index (χ1v) is 8.95. The standard InChI is InChI=1S/C18H19N3O3S/c1-12(22)21-8-2-4-13-6-7-14(10-16(13)21)20-18(24)17(23)19-11-15-5-3-9-25-15/h3,5-7,9-10H,2,4,8,11H2,1H3,(H,19,23)(H,20,24). The lowest BCUT2D eigenvalue weighted by molar-refractivity contribution is -0.136. The van der Waals surface area contributed by atoms with Crippen molar-refractivity contribution < 1.29 is 14.4 Å². The minimum Gasteiger partial charge on any atom is -0.343 e. The molecule has 0 saturated carbocycles. The van der Waals surface area contributed by atoms with Gasteiger partial charge in [0.05, 0.1) is 6.54 Å². The molecule has 0 unspecified atom stereocenters. The third kappa shape index (κ3) is 4.06. The highest BCUT2D eigenvalue weighted by Crippen LogP contribution is 2.30. The van der Waals surface area contributed by atoms with Crippen molar-refractivity contribution >= 4 is 40.4 Å². The zero-order valence-electron chi connectivity index (χ0n) is 13.9. The van der Waals surface area contributed by atoms with Gasteiger partial charge in [0, 0.05) is 29.7 Å². The number of thiophene rings is 1. The summed E-state index contributed by atoms with van der Waals surface area (Å²) in [5, 5.41) is 7.10. The second kappa shape index (κ2) is 7.48. The van der Waals surface area contributed by atoms with E-state index >= 15 is 0 Å². The summed E-state index contributed by atoms with van der Waals surface area (Å²) < 4.78 is 0. The molecule has 2 aromatic rings. The second-order valence-corrected chi connectivity index (χ2v) is 6.87. The molecule has 25 heavy (non-hydrogen) atoms. The van der Waals surface area contributed by atoms with Crippen LogP contribution < -0.4 is 15.5 Å². The van der Waals surface area contributed by atoms with Gasteiger partial charge < -0.3 is 15.5 Å². The van der Waals surface area contributed by atoms with Gasteiger partial charge in [-0.1, -0.05) is 12.1 Å². The molecule has 0 atom stereocenters. The highest BCUT2D eigenvalue weighted by atomic mass is 32.1. The molecule has 2 heterocycles. The lowest BCUT2D eigenvalue weighted by Gasteiger charge is -2.29. The van der Waals surface area contributed by atoms with E-state index in [2.05, 4.69) is 10.6 Å². The predicted octanol–water partition coefficient (Wildman–Crippen LogP) is 2.30. The Morgan fingerprint density at radius 3 is 2.76 bits per heavy atom. The molecule has 6 nitrogen and oxygen atoms in total. The van der Waals surface area contributed by atoms with Crippen molar-refractivity contribution in [2.75, 3.05) is 16.8 Å². The van der Waals surface area contributed by atoms with E-state index < -0.39 is 11.8 Å². The van der Waals surface area contributed by atoms with E-state index in [0.29, 0.717) is 18.8 Å². The highest BCUT2D eigenvalue weighted by Gasteiger charge is 2.21. The Balaban J connectivity index is 1.66. The molecule has 2 N–H and O–H groups in total. The Bertz CT molecular complexity index is 802. The first kappa shape index (κ1) is 17.2. The Labute approximate surface area is 149 Å². The Hall–Kier alpha value is -2.67. The van der Waals surface area contributed by atoms with Crippen molar-refractivity contribution in [3.05, 3.63) is 46.2 Å². The summed E-state index contributed by atoms with van der Waals surface area (Å²) in [7, 11) is 0. The van der Waals surface area contributed by atoms with Gasteiger partial charge in [0.1, 0.15) is 0 Å². The smallest absolute Gasteiger partial charge is 0.313 e. The lowest BCUT2D eigenvalue weighted by Crippen LogP contribution is -2.35. The first-order chi connectivity index (χ1) is 12.0. The molecule has 3 amide bonds. The highest BCUT2D eigenvalue weighted by molar-refractivity contribution is 7.09. The lowest BCUT2D eigenvalue weighted by atomic mass is 10.0. The molecule has 130 valence electrons. The molecule has 7 heteroatoms. The molecule has 1 aliphatic heterocycles. The topological polar surface area (TPSA) is 78.5 Å². The van der Waals surface area contributed by atoms with Gasteiger partial charge in [-0.2, -0.15) is 0 Å². The zero-order valence-corrected chi connectivity index (χ0v) is 14.7. The van der Waals surface area contributed by atoms with Crippen LogP contribution in [0.5, 0.6) is 0 Å². The number of amides is 3. The summed E-state index contributed by atoms with van der Waals surface area (Å²) in [6.07, 6.45) is 1.82. The third-order valence-electron chi connectivity index (χ3n) is 4.05.